The molecular formula is C11H14ClNO4. The molecule has 0 unspecified atom stereocenters. The zero-order valence-electron chi connectivity index (χ0n) is 9.51. The van der Waals surface area contributed by atoms with Crippen molar-refractivity contribution in [2.24, 2.45) is 5.73 Å². The summed E-state index contributed by atoms with van der Waals surface area (Å²) >= 11 is 0. The summed E-state index contributed by atoms with van der Waals surface area (Å²) in [6.45, 7) is 0. The Bertz CT molecular complexity index is 408. The number of ether oxygens (including phenoxy) is 2. The number of carbonyl (C=O) groups excluding carboxylic acids is 2. The van der Waals surface area contributed by atoms with Crippen molar-refractivity contribution in [3.63, 3.8) is 0 Å². The molecule has 0 amide bonds. The number of halogens is 1. The minimum absolute atomic E-state index is 0. The summed E-state index contributed by atoms with van der Waals surface area (Å²) < 4.78 is 9.07. The number of hydrogen-bond acceptors (Lipinski definition) is 5. The van der Waals surface area contributed by atoms with Crippen molar-refractivity contribution in [1.29, 1.82) is 0 Å². The second kappa shape index (κ2) is 6.88. The van der Waals surface area contributed by atoms with E-state index >= 15 is 0 Å². The van der Waals surface area contributed by atoms with Crippen LogP contribution in [-0.4, -0.2) is 26.2 Å². The molecule has 0 aliphatic carbocycles. The zero-order valence-corrected chi connectivity index (χ0v) is 10.3. The maximum atomic E-state index is 11.2. The van der Waals surface area contributed by atoms with Crippen molar-refractivity contribution in [3.05, 3.63) is 35.4 Å². The Kier molecular flexibility index (Phi) is 6.23. The van der Waals surface area contributed by atoms with Gasteiger partial charge in [0.05, 0.1) is 19.8 Å². The molecule has 0 heterocycles. The molecule has 6 heteroatoms. The molecule has 1 rings (SSSR count). The van der Waals surface area contributed by atoms with Gasteiger partial charge in [0.25, 0.3) is 0 Å². The van der Waals surface area contributed by atoms with Gasteiger partial charge in [0, 0.05) is 0 Å². The Labute approximate surface area is 105 Å². The molecule has 1 atom stereocenters. The minimum atomic E-state index is -0.894. The van der Waals surface area contributed by atoms with Gasteiger partial charge in [-0.2, -0.15) is 0 Å². The van der Waals surface area contributed by atoms with Crippen LogP contribution < -0.4 is 5.73 Å². The summed E-state index contributed by atoms with van der Waals surface area (Å²) in [6, 6.07) is 5.47. The van der Waals surface area contributed by atoms with Gasteiger partial charge in [-0.15, -0.1) is 12.4 Å². The summed E-state index contributed by atoms with van der Waals surface area (Å²) in [5.74, 6) is -1.03. The molecule has 2 N–H and O–H groups in total. The second-order valence-corrected chi connectivity index (χ2v) is 3.12. The highest BCUT2D eigenvalue weighted by atomic mass is 35.5. The summed E-state index contributed by atoms with van der Waals surface area (Å²) in [7, 11) is 2.54. The summed E-state index contributed by atoms with van der Waals surface area (Å²) in [5, 5.41) is 0. The third kappa shape index (κ3) is 3.72. The maximum absolute atomic E-state index is 11.2. The van der Waals surface area contributed by atoms with Crippen LogP contribution in [0.1, 0.15) is 22.0 Å². The molecule has 17 heavy (non-hydrogen) atoms. The molecule has 0 spiro atoms. The molecule has 0 aliphatic heterocycles. The van der Waals surface area contributed by atoms with E-state index in [1.165, 1.54) is 20.3 Å². The first-order chi connectivity index (χ1) is 7.60. The van der Waals surface area contributed by atoms with Crippen molar-refractivity contribution in [3.8, 4) is 0 Å². The topological polar surface area (TPSA) is 78.6 Å². The van der Waals surface area contributed by atoms with Gasteiger partial charge in [-0.1, -0.05) is 12.1 Å². The molecule has 1 aromatic rings. The van der Waals surface area contributed by atoms with E-state index in [0.717, 1.165) is 0 Å². The number of methoxy groups -OCH3 is 2. The largest absolute Gasteiger partial charge is 0.468 e. The second-order valence-electron chi connectivity index (χ2n) is 3.12. The molecule has 0 fully saturated rings. The van der Waals surface area contributed by atoms with E-state index in [-0.39, 0.29) is 12.4 Å². The molecular weight excluding hydrogens is 246 g/mol. The molecule has 0 bridgehead atoms. The van der Waals surface area contributed by atoms with E-state index in [1.54, 1.807) is 18.2 Å². The first kappa shape index (κ1) is 15.4. The molecule has 0 saturated heterocycles. The van der Waals surface area contributed by atoms with E-state index in [4.69, 9.17) is 5.73 Å². The molecule has 0 aliphatic rings. The Balaban J connectivity index is 0.00000256. The van der Waals surface area contributed by atoms with Crippen molar-refractivity contribution in [1.82, 2.24) is 0 Å². The maximum Gasteiger partial charge on any atom is 0.337 e. The van der Waals surface area contributed by atoms with Crippen LogP contribution in [0.5, 0.6) is 0 Å². The molecule has 5 nitrogen and oxygen atoms in total. The number of esters is 2. The smallest absolute Gasteiger partial charge is 0.337 e. The normalized spacial score (nSPS) is 11.0. The van der Waals surface area contributed by atoms with E-state index < -0.39 is 18.0 Å². The van der Waals surface area contributed by atoms with Crippen molar-refractivity contribution in [2.75, 3.05) is 14.2 Å². The number of carbonyl (C=O) groups is 2. The van der Waals surface area contributed by atoms with Crippen LogP contribution in [0.3, 0.4) is 0 Å². The Morgan fingerprint density at radius 1 is 1.24 bits per heavy atom. The third-order valence-corrected chi connectivity index (χ3v) is 2.12. The molecule has 0 radical (unpaired) electrons. The van der Waals surface area contributed by atoms with Gasteiger partial charge in [-0.3, -0.25) is 4.79 Å². The van der Waals surface area contributed by atoms with Gasteiger partial charge >= 0.3 is 11.9 Å². The predicted molar refractivity (Wildman–Crippen MR) is 64.0 cm³/mol. The van der Waals surface area contributed by atoms with E-state index in [1.807, 2.05) is 0 Å². The lowest BCUT2D eigenvalue weighted by atomic mass is 10.0. The molecule has 94 valence electrons. The quantitative estimate of drug-likeness (QED) is 0.822. The van der Waals surface area contributed by atoms with Crippen molar-refractivity contribution < 1.29 is 19.1 Å². The SMILES string of the molecule is COC(=O)c1cccc([C@H](N)C(=O)OC)c1.Cl. The lowest BCUT2D eigenvalue weighted by Crippen LogP contribution is -2.22. The van der Waals surface area contributed by atoms with Gasteiger partial charge < -0.3 is 15.2 Å². The lowest BCUT2D eigenvalue weighted by Gasteiger charge is -2.10. The number of hydrogen-bond donors (Lipinski definition) is 1. The number of rotatable bonds is 3. The minimum Gasteiger partial charge on any atom is -0.468 e. The van der Waals surface area contributed by atoms with Crippen LogP contribution >= 0.6 is 12.4 Å². The van der Waals surface area contributed by atoms with Gasteiger partial charge in [0.1, 0.15) is 6.04 Å². The van der Waals surface area contributed by atoms with E-state index in [0.29, 0.717) is 11.1 Å². The fraction of sp³-hybridized carbons (Fsp3) is 0.273. The average molecular weight is 260 g/mol. The highest BCUT2D eigenvalue weighted by molar-refractivity contribution is 5.90. The highest BCUT2D eigenvalue weighted by Crippen LogP contribution is 2.14. The van der Waals surface area contributed by atoms with Gasteiger partial charge in [0.15, 0.2) is 0 Å². The monoisotopic (exact) mass is 259 g/mol. The fourth-order valence-corrected chi connectivity index (χ4v) is 1.24. The van der Waals surface area contributed by atoms with Crippen molar-refractivity contribution >= 4 is 24.3 Å². The van der Waals surface area contributed by atoms with Gasteiger partial charge in [0.2, 0.25) is 0 Å². The van der Waals surface area contributed by atoms with Crippen LogP contribution in [0.4, 0.5) is 0 Å². The Hall–Kier alpha value is -1.59. The standard InChI is InChI=1S/C11H13NO4.ClH/c1-15-10(13)8-5-3-4-7(6-8)9(12)11(14)16-2;/h3-6,9H,12H2,1-2H3;1H/t9-;/m0./s1. The number of nitrogens with two attached hydrogens (primary N) is 1. The first-order valence-electron chi connectivity index (χ1n) is 4.62. The predicted octanol–water partition coefficient (Wildman–Crippen LogP) is 1.07. The molecule has 0 aromatic heterocycles. The van der Waals surface area contributed by atoms with Crippen LogP contribution in [0, 0.1) is 0 Å². The fourth-order valence-electron chi connectivity index (χ4n) is 1.24. The average Bonchev–Trinajstić information content (AvgIpc) is 2.36. The van der Waals surface area contributed by atoms with Crippen LogP contribution in [0.15, 0.2) is 24.3 Å². The summed E-state index contributed by atoms with van der Waals surface area (Å²) in [4.78, 5) is 22.4. The lowest BCUT2D eigenvalue weighted by molar-refractivity contribution is -0.142. The van der Waals surface area contributed by atoms with Crippen molar-refractivity contribution in [2.45, 2.75) is 6.04 Å². The van der Waals surface area contributed by atoms with Crippen LogP contribution in [0.25, 0.3) is 0 Å². The molecule has 0 saturated carbocycles. The van der Waals surface area contributed by atoms with Gasteiger partial charge in [-0.05, 0) is 17.7 Å². The van der Waals surface area contributed by atoms with Gasteiger partial charge in [-0.25, -0.2) is 4.79 Å². The van der Waals surface area contributed by atoms with E-state index in [9.17, 15) is 9.59 Å². The zero-order chi connectivity index (χ0) is 12.1. The molecule has 1 aromatic carbocycles. The summed E-state index contributed by atoms with van der Waals surface area (Å²) in [6.07, 6.45) is 0. The summed E-state index contributed by atoms with van der Waals surface area (Å²) in [5.41, 5.74) is 6.49. The third-order valence-electron chi connectivity index (χ3n) is 2.12. The van der Waals surface area contributed by atoms with Crippen LogP contribution in [-0.2, 0) is 14.3 Å². The Morgan fingerprint density at radius 3 is 2.41 bits per heavy atom. The Morgan fingerprint density at radius 2 is 1.88 bits per heavy atom. The van der Waals surface area contributed by atoms with Crippen LogP contribution in [0.2, 0.25) is 0 Å². The van der Waals surface area contributed by atoms with E-state index in [2.05, 4.69) is 9.47 Å². The first-order valence-corrected chi connectivity index (χ1v) is 4.62. The highest BCUT2D eigenvalue weighted by Gasteiger charge is 2.17. The number of benzene rings is 1.